The Balaban J connectivity index is 2.70. The predicted octanol–water partition coefficient (Wildman–Crippen LogP) is 3.46. The van der Waals surface area contributed by atoms with E-state index < -0.39 is 11.7 Å². The Morgan fingerprint density at radius 1 is 1.29 bits per heavy atom. The molecule has 0 saturated heterocycles. The number of rotatable bonds is 5. The van der Waals surface area contributed by atoms with E-state index in [1.165, 1.54) is 6.07 Å². The van der Waals surface area contributed by atoms with Crippen LogP contribution in [0.3, 0.4) is 0 Å². The first-order valence-electron chi connectivity index (χ1n) is 5.36. The quantitative estimate of drug-likeness (QED) is 0.804. The molecule has 0 fully saturated rings. The highest BCUT2D eigenvalue weighted by molar-refractivity contribution is 5.53. The van der Waals surface area contributed by atoms with Gasteiger partial charge >= 0.3 is 6.18 Å². The molecule has 1 N–H and O–H groups in total. The van der Waals surface area contributed by atoms with Gasteiger partial charge in [0.05, 0.1) is 5.56 Å². The molecule has 1 aromatic carbocycles. The lowest BCUT2D eigenvalue weighted by molar-refractivity contribution is -0.137. The Hall–Kier alpha value is -1.23. The molecule has 0 saturated carbocycles. The Morgan fingerprint density at radius 2 is 2.00 bits per heavy atom. The zero-order valence-electron chi connectivity index (χ0n) is 9.90. The van der Waals surface area contributed by atoms with E-state index in [9.17, 15) is 13.2 Å². The van der Waals surface area contributed by atoms with Crippen LogP contribution in [0, 0.1) is 6.92 Å². The minimum absolute atomic E-state index is 0.524. The molecule has 0 unspecified atom stereocenters. The van der Waals surface area contributed by atoms with Crippen LogP contribution in [0.25, 0.3) is 0 Å². The summed E-state index contributed by atoms with van der Waals surface area (Å²) in [5.41, 5.74) is 0.698. The first-order chi connectivity index (χ1) is 7.95. The summed E-state index contributed by atoms with van der Waals surface area (Å²) in [6.07, 6.45) is -3.54. The molecule has 96 valence electrons. The number of ether oxygens (including phenoxy) is 1. The number of halogens is 3. The average molecular weight is 247 g/mol. The molecule has 5 heteroatoms. The monoisotopic (exact) mass is 247 g/mol. The third-order valence-electron chi connectivity index (χ3n) is 2.41. The van der Waals surface area contributed by atoms with Crippen LogP contribution in [0.2, 0.25) is 0 Å². The standard InChI is InChI=1S/C12H16F3NO/c1-9-4-5-10(12(13,14)15)8-11(9)16-6-3-7-17-2/h4-5,8,16H,3,6-7H2,1-2H3. The molecule has 17 heavy (non-hydrogen) atoms. The van der Waals surface area contributed by atoms with Crippen LogP contribution < -0.4 is 5.32 Å². The van der Waals surface area contributed by atoms with Crippen LogP contribution in [0.1, 0.15) is 17.5 Å². The Kier molecular flexibility index (Phi) is 4.81. The van der Waals surface area contributed by atoms with E-state index in [2.05, 4.69) is 5.32 Å². The van der Waals surface area contributed by atoms with Crippen LogP contribution >= 0.6 is 0 Å². The number of hydrogen-bond donors (Lipinski definition) is 1. The molecule has 0 aliphatic rings. The highest BCUT2D eigenvalue weighted by atomic mass is 19.4. The first kappa shape index (κ1) is 13.8. The summed E-state index contributed by atoms with van der Waals surface area (Å²) in [4.78, 5) is 0. The van der Waals surface area contributed by atoms with Gasteiger partial charge in [-0.25, -0.2) is 0 Å². The van der Waals surface area contributed by atoms with Crippen LogP contribution in [0.5, 0.6) is 0 Å². The van der Waals surface area contributed by atoms with Gasteiger partial charge in [0.15, 0.2) is 0 Å². The number of aryl methyl sites for hydroxylation is 1. The van der Waals surface area contributed by atoms with Crippen molar-refractivity contribution >= 4 is 5.69 Å². The van der Waals surface area contributed by atoms with Crippen molar-refractivity contribution in [2.24, 2.45) is 0 Å². The second kappa shape index (κ2) is 5.91. The van der Waals surface area contributed by atoms with E-state index >= 15 is 0 Å². The maximum atomic E-state index is 12.5. The van der Waals surface area contributed by atoms with Gasteiger partial charge < -0.3 is 10.1 Å². The van der Waals surface area contributed by atoms with Gasteiger partial charge in [0.25, 0.3) is 0 Å². The fourth-order valence-electron chi connectivity index (χ4n) is 1.43. The fraction of sp³-hybridized carbons (Fsp3) is 0.500. The zero-order valence-corrected chi connectivity index (χ0v) is 9.90. The van der Waals surface area contributed by atoms with Gasteiger partial charge in [0.2, 0.25) is 0 Å². The van der Waals surface area contributed by atoms with Crippen molar-refractivity contribution in [1.29, 1.82) is 0 Å². The van der Waals surface area contributed by atoms with E-state index in [1.807, 2.05) is 0 Å². The second-order valence-corrected chi connectivity index (χ2v) is 3.80. The summed E-state index contributed by atoms with van der Waals surface area (Å²) in [6, 6.07) is 3.71. The minimum Gasteiger partial charge on any atom is -0.385 e. The summed E-state index contributed by atoms with van der Waals surface area (Å²) in [5, 5.41) is 2.98. The molecular formula is C12H16F3NO. The van der Waals surface area contributed by atoms with Crippen molar-refractivity contribution in [2.75, 3.05) is 25.6 Å². The van der Waals surface area contributed by atoms with E-state index in [0.29, 0.717) is 18.8 Å². The lowest BCUT2D eigenvalue weighted by Crippen LogP contribution is -2.09. The summed E-state index contributed by atoms with van der Waals surface area (Å²) in [5.74, 6) is 0. The molecule has 0 heterocycles. The van der Waals surface area contributed by atoms with Gasteiger partial charge in [-0.1, -0.05) is 6.07 Å². The highest BCUT2D eigenvalue weighted by Gasteiger charge is 2.30. The van der Waals surface area contributed by atoms with Gasteiger partial charge in [-0.05, 0) is 31.0 Å². The normalized spacial score (nSPS) is 11.6. The van der Waals surface area contributed by atoms with E-state index in [4.69, 9.17) is 4.74 Å². The maximum Gasteiger partial charge on any atom is 0.416 e. The molecule has 2 nitrogen and oxygen atoms in total. The molecule has 0 aliphatic heterocycles. The summed E-state index contributed by atoms with van der Waals surface area (Å²) in [7, 11) is 1.59. The average Bonchev–Trinajstić information content (AvgIpc) is 2.25. The van der Waals surface area contributed by atoms with Crippen molar-refractivity contribution in [3.8, 4) is 0 Å². The predicted molar refractivity (Wildman–Crippen MR) is 61.2 cm³/mol. The SMILES string of the molecule is COCCCNc1cc(C(F)(F)F)ccc1C. The van der Waals surface area contributed by atoms with E-state index in [0.717, 1.165) is 24.1 Å². The molecular weight excluding hydrogens is 231 g/mol. The smallest absolute Gasteiger partial charge is 0.385 e. The van der Waals surface area contributed by atoms with Crippen molar-refractivity contribution in [1.82, 2.24) is 0 Å². The van der Waals surface area contributed by atoms with Crippen molar-refractivity contribution in [2.45, 2.75) is 19.5 Å². The maximum absolute atomic E-state index is 12.5. The molecule has 0 amide bonds. The number of anilines is 1. The largest absolute Gasteiger partial charge is 0.416 e. The topological polar surface area (TPSA) is 21.3 Å². The van der Waals surface area contributed by atoms with Gasteiger partial charge in [0.1, 0.15) is 0 Å². The number of benzene rings is 1. The van der Waals surface area contributed by atoms with Crippen LogP contribution in [0.15, 0.2) is 18.2 Å². The number of alkyl halides is 3. The number of hydrogen-bond acceptors (Lipinski definition) is 2. The van der Waals surface area contributed by atoms with Gasteiger partial charge in [-0.15, -0.1) is 0 Å². The lowest BCUT2D eigenvalue weighted by Gasteiger charge is -2.13. The fourth-order valence-corrected chi connectivity index (χ4v) is 1.43. The Morgan fingerprint density at radius 3 is 2.59 bits per heavy atom. The van der Waals surface area contributed by atoms with Gasteiger partial charge in [-0.2, -0.15) is 13.2 Å². The first-order valence-corrected chi connectivity index (χ1v) is 5.36. The molecule has 0 radical (unpaired) electrons. The third-order valence-corrected chi connectivity index (χ3v) is 2.41. The molecule has 1 aromatic rings. The number of nitrogens with one attached hydrogen (secondary N) is 1. The number of methoxy groups -OCH3 is 1. The molecule has 0 aromatic heterocycles. The summed E-state index contributed by atoms with van der Waals surface area (Å²) >= 11 is 0. The Labute approximate surface area is 98.8 Å². The third kappa shape index (κ3) is 4.26. The van der Waals surface area contributed by atoms with Gasteiger partial charge in [-0.3, -0.25) is 0 Å². The van der Waals surface area contributed by atoms with E-state index in [1.54, 1.807) is 14.0 Å². The summed E-state index contributed by atoms with van der Waals surface area (Å²) in [6.45, 7) is 2.96. The zero-order chi connectivity index (χ0) is 12.9. The Bertz CT molecular complexity index is 363. The van der Waals surface area contributed by atoms with Crippen molar-refractivity contribution < 1.29 is 17.9 Å². The van der Waals surface area contributed by atoms with E-state index in [-0.39, 0.29) is 0 Å². The van der Waals surface area contributed by atoms with Crippen molar-refractivity contribution in [3.63, 3.8) is 0 Å². The summed E-state index contributed by atoms with van der Waals surface area (Å²) < 4.78 is 42.4. The van der Waals surface area contributed by atoms with Crippen LogP contribution in [-0.4, -0.2) is 20.3 Å². The van der Waals surface area contributed by atoms with Crippen LogP contribution in [0.4, 0.5) is 18.9 Å². The second-order valence-electron chi connectivity index (χ2n) is 3.80. The van der Waals surface area contributed by atoms with Gasteiger partial charge in [0, 0.05) is 25.9 Å². The molecule has 0 atom stereocenters. The molecule has 0 aliphatic carbocycles. The van der Waals surface area contributed by atoms with Crippen molar-refractivity contribution in [3.05, 3.63) is 29.3 Å². The lowest BCUT2D eigenvalue weighted by atomic mass is 10.1. The van der Waals surface area contributed by atoms with Crippen LogP contribution in [-0.2, 0) is 10.9 Å². The minimum atomic E-state index is -4.29. The molecule has 0 spiro atoms. The molecule has 0 bridgehead atoms. The molecule has 1 rings (SSSR count). The highest BCUT2D eigenvalue weighted by Crippen LogP contribution is 2.31.